The topological polar surface area (TPSA) is 115 Å². The largest absolute Gasteiger partial charge is 0.394 e. The molecule has 0 unspecified atom stereocenters. The number of hydrogen-bond acceptors (Lipinski definition) is 6. The van der Waals surface area contributed by atoms with E-state index < -0.39 is 31.1 Å². The van der Waals surface area contributed by atoms with Crippen LogP contribution < -0.4 is 0 Å². The molecule has 8 heteroatoms. The zero-order chi connectivity index (χ0) is 22.6. The number of amides is 4. The Hall–Kier alpha value is -3.10. The average Bonchev–Trinajstić information content (AvgIpc) is 3.08. The maximum Gasteiger partial charge on any atom is 0.261 e. The molecule has 0 bridgehead atoms. The first-order valence-electron chi connectivity index (χ1n) is 11.1. The molecular weight excluding hydrogens is 412 g/mol. The Morgan fingerprint density at radius 1 is 0.688 bits per heavy atom. The van der Waals surface area contributed by atoms with Gasteiger partial charge in [0.2, 0.25) is 0 Å². The highest BCUT2D eigenvalue weighted by molar-refractivity contribution is 6.33. The highest BCUT2D eigenvalue weighted by atomic mass is 16.3. The monoisotopic (exact) mass is 436 g/mol. The Morgan fingerprint density at radius 3 is 1.50 bits per heavy atom. The number of carbonyl (C=O) groups is 4. The van der Waals surface area contributed by atoms with Crippen molar-refractivity contribution in [3.63, 3.8) is 0 Å². The van der Waals surface area contributed by atoms with Crippen molar-refractivity contribution in [3.05, 3.63) is 46.5 Å². The van der Waals surface area contributed by atoms with Crippen LogP contribution in [-0.2, 0) is 0 Å². The summed E-state index contributed by atoms with van der Waals surface area (Å²) in [6.45, 7) is -1.15. The van der Waals surface area contributed by atoms with Crippen LogP contribution in [0.1, 0.15) is 80.0 Å². The Balaban J connectivity index is 1.67. The number of aliphatic hydroxyl groups is 2. The normalized spacial score (nSPS) is 19.3. The highest BCUT2D eigenvalue weighted by Gasteiger charge is 2.43. The van der Waals surface area contributed by atoms with E-state index in [4.69, 9.17) is 0 Å². The highest BCUT2D eigenvalue weighted by Crippen LogP contribution is 2.39. The summed E-state index contributed by atoms with van der Waals surface area (Å²) in [4.78, 5) is 55.3. The van der Waals surface area contributed by atoms with Crippen LogP contribution >= 0.6 is 0 Å². The smallest absolute Gasteiger partial charge is 0.261 e. The second-order valence-electron chi connectivity index (χ2n) is 8.70. The van der Waals surface area contributed by atoms with Crippen molar-refractivity contribution < 1.29 is 29.4 Å². The number of rotatable bonds is 4. The van der Waals surface area contributed by atoms with Crippen LogP contribution in [0.5, 0.6) is 0 Å². The van der Waals surface area contributed by atoms with Gasteiger partial charge >= 0.3 is 0 Å². The molecule has 0 radical (unpaired) electrons. The predicted octanol–water partition coefficient (Wildman–Crippen LogP) is 2.11. The molecule has 2 aromatic rings. The van der Waals surface area contributed by atoms with Crippen molar-refractivity contribution in [1.82, 2.24) is 9.80 Å². The predicted molar refractivity (Wildman–Crippen MR) is 114 cm³/mol. The lowest BCUT2D eigenvalue weighted by molar-refractivity contribution is 0.0373. The molecule has 2 aromatic carbocycles. The zero-order valence-corrected chi connectivity index (χ0v) is 17.5. The third-order valence-electron chi connectivity index (χ3n) is 6.93. The van der Waals surface area contributed by atoms with Gasteiger partial charge in [0.05, 0.1) is 19.3 Å². The molecule has 32 heavy (non-hydrogen) atoms. The van der Waals surface area contributed by atoms with Crippen LogP contribution in [0.15, 0.2) is 24.3 Å². The zero-order valence-electron chi connectivity index (χ0n) is 17.5. The van der Waals surface area contributed by atoms with Crippen LogP contribution in [0.4, 0.5) is 0 Å². The van der Waals surface area contributed by atoms with Crippen LogP contribution in [-0.4, -0.2) is 68.9 Å². The van der Waals surface area contributed by atoms with E-state index in [0.29, 0.717) is 21.9 Å². The molecule has 0 saturated heterocycles. The van der Waals surface area contributed by atoms with E-state index in [-0.39, 0.29) is 29.0 Å². The summed E-state index contributed by atoms with van der Waals surface area (Å²) >= 11 is 0. The molecule has 2 heterocycles. The van der Waals surface area contributed by atoms with Crippen LogP contribution in [0, 0.1) is 0 Å². The summed E-state index contributed by atoms with van der Waals surface area (Å²) in [5, 5.41) is 19.7. The number of nitrogens with zero attached hydrogens (tertiary/aromatic N) is 2. The van der Waals surface area contributed by atoms with E-state index in [1.807, 2.05) is 0 Å². The quantitative estimate of drug-likeness (QED) is 0.560. The van der Waals surface area contributed by atoms with E-state index >= 15 is 0 Å². The number of carbonyl (C=O) groups excluding carboxylic acids is 4. The van der Waals surface area contributed by atoms with E-state index in [2.05, 4.69) is 0 Å². The van der Waals surface area contributed by atoms with Gasteiger partial charge in [-0.15, -0.1) is 0 Å². The van der Waals surface area contributed by atoms with Gasteiger partial charge in [-0.1, -0.05) is 25.7 Å². The second kappa shape index (κ2) is 7.79. The fourth-order valence-corrected chi connectivity index (χ4v) is 5.31. The molecule has 2 N–H and O–H groups in total. The fraction of sp³-hybridized carbons (Fsp3) is 0.417. The summed E-state index contributed by atoms with van der Waals surface area (Å²) in [5.41, 5.74) is 0.991. The molecule has 1 saturated carbocycles. The Kier molecular flexibility index (Phi) is 5.06. The Bertz CT molecular complexity index is 1090. The SMILES string of the molecule is O=C1c2ccc3c4c(ccc(c24)C(=O)N1C(CO)CO)C(=O)N(C1CCCCCC1)C3=O. The minimum Gasteiger partial charge on any atom is -0.394 e. The molecule has 2 aliphatic heterocycles. The van der Waals surface area contributed by atoms with Gasteiger partial charge in [-0.25, -0.2) is 0 Å². The van der Waals surface area contributed by atoms with Crippen molar-refractivity contribution in [2.45, 2.75) is 50.6 Å². The fourth-order valence-electron chi connectivity index (χ4n) is 5.31. The Morgan fingerprint density at radius 2 is 1.09 bits per heavy atom. The summed E-state index contributed by atoms with van der Waals surface area (Å²) in [7, 11) is 0. The van der Waals surface area contributed by atoms with E-state index in [1.165, 1.54) is 17.0 Å². The number of hydrogen-bond donors (Lipinski definition) is 2. The van der Waals surface area contributed by atoms with Crippen LogP contribution in [0.3, 0.4) is 0 Å². The summed E-state index contributed by atoms with van der Waals surface area (Å²) in [5.74, 6) is -2.09. The van der Waals surface area contributed by atoms with Crippen molar-refractivity contribution in [3.8, 4) is 0 Å². The molecule has 5 rings (SSSR count). The van der Waals surface area contributed by atoms with Crippen molar-refractivity contribution in [2.24, 2.45) is 0 Å². The van der Waals surface area contributed by atoms with Gasteiger partial charge in [-0.2, -0.15) is 0 Å². The van der Waals surface area contributed by atoms with Gasteiger partial charge in [-0.3, -0.25) is 29.0 Å². The first-order valence-corrected chi connectivity index (χ1v) is 11.1. The molecule has 1 fully saturated rings. The molecule has 0 aromatic heterocycles. The molecule has 3 aliphatic rings. The number of aliphatic hydroxyl groups excluding tert-OH is 2. The average molecular weight is 436 g/mol. The standard InChI is InChI=1S/C24H24N2O6/c27-11-14(12-28)26-23(31)17-9-7-15-19-16(8-10-18(20(17)19)24(26)32)22(30)25(21(15)29)13-5-3-1-2-4-6-13/h7-10,13-14,27-28H,1-6,11-12H2. The van der Waals surface area contributed by atoms with Crippen LogP contribution in [0.2, 0.25) is 0 Å². The van der Waals surface area contributed by atoms with Gasteiger partial charge in [0, 0.05) is 39.1 Å². The lowest BCUT2D eigenvalue weighted by Crippen LogP contribution is -2.51. The minimum absolute atomic E-state index is 0.151. The molecule has 4 amide bonds. The van der Waals surface area contributed by atoms with Crippen molar-refractivity contribution >= 4 is 34.4 Å². The lowest BCUT2D eigenvalue weighted by Gasteiger charge is -2.36. The maximum absolute atomic E-state index is 13.4. The van der Waals surface area contributed by atoms with E-state index in [0.717, 1.165) is 43.4 Å². The minimum atomic E-state index is -1.07. The Labute approximate surface area is 184 Å². The summed E-state index contributed by atoms with van der Waals surface area (Å²) in [6.07, 6.45) is 5.68. The molecule has 0 atom stereocenters. The van der Waals surface area contributed by atoms with E-state index in [1.54, 1.807) is 12.1 Å². The maximum atomic E-state index is 13.4. The van der Waals surface area contributed by atoms with Gasteiger partial charge in [-0.05, 0) is 37.1 Å². The third kappa shape index (κ3) is 2.83. The third-order valence-corrected chi connectivity index (χ3v) is 6.93. The van der Waals surface area contributed by atoms with Crippen LogP contribution in [0.25, 0.3) is 10.8 Å². The number of imide groups is 2. The first-order chi connectivity index (χ1) is 15.5. The molecule has 1 aliphatic carbocycles. The summed E-state index contributed by atoms with van der Waals surface area (Å²) in [6, 6.07) is 4.86. The van der Waals surface area contributed by atoms with E-state index in [9.17, 15) is 29.4 Å². The van der Waals surface area contributed by atoms with Gasteiger partial charge in [0.25, 0.3) is 23.6 Å². The van der Waals surface area contributed by atoms with Gasteiger partial charge < -0.3 is 10.2 Å². The lowest BCUT2D eigenvalue weighted by atomic mass is 9.85. The number of benzene rings is 2. The van der Waals surface area contributed by atoms with Gasteiger partial charge in [0.15, 0.2) is 0 Å². The molecule has 166 valence electrons. The van der Waals surface area contributed by atoms with Crippen molar-refractivity contribution in [2.75, 3.05) is 13.2 Å². The molecule has 0 spiro atoms. The second-order valence-corrected chi connectivity index (χ2v) is 8.70. The first kappa shape index (κ1) is 20.8. The summed E-state index contributed by atoms with van der Waals surface area (Å²) < 4.78 is 0. The molecular formula is C24H24N2O6. The molecule has 8 nitrogen and oxygen atoms in total. The van der Waals surface area contributed by atoms with Crippen molar-refractivity contribution in [1.29, 1.82) is 0 Å². The van der Waals surface area contributed by atoms with Gasteiger partial charge in [0.1, 0.15) is 0 Å².